The maximum atomic E-state index is 12.3. The number of aromatic nitrogens is 4. The van der Waals surface area contributed by atoms with Gasteiger partial charge in [0.15, 0.2) is 0 Å². The molecule has 22 heavy (non-hydrogen) atoms. The van der Waals surface area contributed by atoms with E-state index in [1.807, 2.05) is 20.8 Å². The number of ether oxygens (including phenoxy) is 1. The van der Waals surface area contributed by atoms with Crippen molar-refractivity contribution in [2.24, 2.45) is 0 Å². The number of rotatable bonds is 7. The van der Waals surface area contributed by atoms with Crippen molar-refractivity contribution >= 4 is 10.0 Å². The van der Waals surface area contributed by atoms with Crippen LogP contribution in [-0.4, -0.2) is 34.3 Å². The molecule has 0 aliphatic carbocycles. The second-order valence-electron chi connectivity index (χ2n) is 4.88. The zero-order valence-corrected chi connectivity index (χ0v) is 13.5. The normalized spacial score (nSPS) is 11.8. The molecule has 2 rings (SSSR count). The fourth-order valence-electron chi connectivity index (χ4n) is 1.81. The van der Waals surface area contributed by atoms with E-state index in [1.165, 1.54) is 18.5 Å². The van der Waals surface area contributed by atoms with Crippen molar-refractivity contribution in [1.29, 1.82) is 0 Å². The standard InChI is InChI=1S/C13H19N5O3S/c1-4-18-9-15-17-13(18)8-16-22(19,20)12-5-11(6-14-7-12)21-10(2)3/h5-7,9-10,16H,4,8H2,1-3H3. The van der Waals surface area contributed by atoms with Crippen molar-refractivity contribution in [1.82, 2.24) is 24.5 Å². The van der Waals surface area contributed by atoms with Crippen molar-refractivity contribution < 1.29 is 13.2 Å². The van der Waals surface area contributed by atoms with Gasteiger partial charge < -0.3 is 9.30 Å². The number of pyridine rings is 1. The monoisotopic (exact) mass is 325 g/mol. The second kappa shape index (κ2) is 6.84. The molecule has 0 amide bonds. The Morgan fingerprint density at radius 1 is 1.36 bits per heavy atom. The lowest BCUT2D eigenvalue weighted by Gasteiger charge is -2.11. The summed E-state index contributed by atoms with van der Waals surface area (Å²) in [4.78, 5) is 3.95. The summed E-state index contributed by atoms with van der Waals surface area (Å²) in [6.45, 7) is 6.38. The first-order valence-electron chi connectivity index (χ1n) is 6.90. The van der Waals surface area contributed by atoms with Gasteiger partial charge in [0.1, 0.15) is 22.8 Å². The van der Waals surface area contributed by atoms with Gasteiger partial charge in [0, 0.05) is 18.8 Å². The minimum absolute atomic E-state index is 0.0493. The van der Waals surface area contributed by atoms with Crippen molar-refractivity contribution in [3.63, 3.8) is 0 Å². The number of aryl methyl sites for hydroxylation is 1. The van der Waals surface area contributed by atoms with E-state index in [-0.39, 0.29) is 17.5 Å². The van der Waals surface area contributed by atoms with Gasteiger partial charge in [-0.05, 0) is 20.8 Å². The van der Waals surface area contributed by atoms with E-state index >= 15 is 0 Å². The van der Waals surface area contributed by atoms with Crippen molar-refractivity contribution in [2.75, 3.05) is 0 Å². The quantitative estimate of drug-likeness (QED) is 0.814. The maximum absolute atomic E-state index is 12.3. The fraction of sp³-hybridized carbons (Fsp3) is 0.462. The fourth-order valence-corrected chi connectivity index (χ4v) is 2.76. The molecule has 1 N–H and O–H groups in total. The van der Waals surface area contributed by atoms with Crippen LogP contribution in [0.1, 0.15) is 26.6 Å². The smallest absolute Gasteiger partial charge is 0.242 e. The lowest BCUT2D eigenvalue weighted by molar-refractivity contribution is 0.241. The largest absolute Gasteiger partial charge is 0.489 e. The van der Waals surface area contributed by atoms with Crippen LogP contribution >= 0.6 is 0 Å². The minimum Gasteiger partial charge on any atom is -0.489 e. The summed E-state index contributed by atoms with van der Waals surface area (Å²) in [5.74, 6) is 0.961. The molecular weight excluding hydrogens is 306 g/mol. The Morgan fingerprint density at radius 3 is 2.82 bits per heavy atom. The highest BCUT2D eigenvalue weighted by molar-refractivity contribution is 7.89. The second-order valence-corrected chi connectivity index (χ2v) is 6.65. The Kier molecular flexibility index (Phi) is 5.09. The summed E-state index contributed by atoms with van der Waals surface area (Å²) in [5.41, 5.74) is 0. The Balaban J connectivity index is 2.13. The van der Waals surface area contributed by atoms with E-state index in [2.05, 4.69) is 19.9 Å². The molecule has 8 nitrogen and oxygen atoms in total. The Morgan fingerprint density at radius 2 is 2.14 bits per heavy atom. The van der Waals surface area contributed by atoms with E-state index in [0.717, 1.165) is 0 Å². The van der Waals surface area contributed by atoms with Crippen molar-refractivity contribution in [2.45, 2.75) is 44.9 Å². The molecule has 2 aromatic rings. The molecule has 0 atom stereocenters. The third kappa shape index (κ3) is 4.01. The Hall–Kier alpha value is -2.00. The van der Waals surface area contributed by atoms with E-state index in [0.29, 0.717) is 18.1 Å². The first kappa shape index (κ1) is 16.4. The Labute approximate surface area is 129 Å². The topological polar surface area (TPSA) is 99.0 Å². The molecular formula is C13H19N5O3S. The first-order valence-corrected chi connectivity index (χ1v) is 8.38. The molecule has 0 bridgehead atoms. The third-order valence-corrected chi connectivity index (χ3v) is 4.20. The summed E-state index contributed by atoms with van der Waals surface area (Å²) >= 11 is 0. The van der Waals surface area contributed by atoms with Crippen molar-refractivity contribution in [3.8, 4) is 5.75 Å². The molecule has 0 fully saturated rings. The molecule has 2 heterocycles. The van der Waals surface area contributed by atoms with Gasteiger partial charge in [-0.15, -0.1) is 10.2 Å². The summed E-state index contributed by atoms with van der Waals surface area (Å²) < 4.78 is 34.3. The number of sulfonamides is 1. The zero-order chi connectivity index (χ0) is 16.2. The minimum atomic E-state index is -3.69. The van der Waals surface area contributed by atoms with Gasteiger partial charge in [0.2, 0.25) is 10.0 Å². The highest BCUT2D eigenvalue weighted by Crippen LogP contribution is 2.17. The van der Waals surface area contributed by atoms with Gasteiger partial charge in [0.25, 0.3) is 0 Å². The summed E-state index contributed by atoms with van der Waals surface area (Å²) in [6.07, 6.45) is 4.26. The molecule has 120 valence electrons. The predicted molar refractivity (Wildman–Crippen MR) is 79.7 cm³/mol. The SMILES string of the molecule is CCn1cnnc1CNS(=O)(=O)c1cncc(OC(C)C)c1. The number of hydrogen-bond donors (Lipinski definition) is 1. The molecule has 0 saturated carbocycles. The summed E-state index contributed by atoms with van der Waals surface area (Å²) in [5, 5.41) is 7.65. The molecule has 0 aromatic carbocycles. The summed E-state index contributed by atoms with van der Waals surface area (Å²) in [7, 11) is -3.69. The summed E-state index contributed by atoms with van der Waals surface area (Å²) in [6, 6.07) is 1.44. The van der Waals surface area contributed by atoms with Crippen LogP contribution in [-0.2, 0) is 23.1 Å². The molecule has 2 aromatic heterocycles. The predicted octanol–water partition coefficient (Wildman–Crippen LogP) is 0.959. The van der Waals surface area contributed by atoms with Gasteiger partial charge >= 0.3 is 0 Å². The lowest BCUT2D eigenvalue weighted by atomic mass is 10.4. The molecule has 0 saturated heterocycles. The van der Waals surface area contributed by atoms with E-state index in [1.54, 1.807) is 10.9 Å². The van der Waals surface area contributed by atoms with Gasteiger partial charge in [-0.25, -0.2) is 13.1 Å². The molecule has 0 aliphatic heterocycles. The van der Waals surface area contributed by atoms with Gasteiger partial charge in [-0.1, -0.05) is 0 Å². The van der Waals surface area contributed by atoms with Crippen LogP contribution < -0.4 is 9.46 Å². The van der Waals surface area contributed by atoms with Crippen LogP contribution in [0.25, 0.3) is 0 Å². The molecule has 0 aliphatic rings. The van der Waals surface area contributed by atoms with Gasteiger partial charge in [-0.2, -0.15) is 0 Å². The van der Waals surface area contributed by atoms with Crippen LogP contribution in [0.5, 0.6) is 5.75 Å². The zero-order valence-electron chi connectivity index (χ0n) is 12.7. The highest BCUT2D eigenvalue weighted by Gasteiger charge is 2.17. The maximum Gasteiger partial charge on any atom is 0.242 e. The van der Waals surface area contributed by atoms with Crippen LogP contribution in [0.3, 0.4) is 0 Å². The average Bonchev–Trinajstić information content (AvgIpc) is 2.92. The Bertz CT molecular complexity index is 727. The third-order valence-electron chi connectivity index (χ3n) is 2.83. The van der Waals surface area contributed by atoms with Gasteiger partial charge in [0.05, 0.1) is 18.8 Å². The van der Waals surface area contributed by atoms with E-state index < -0.39 is 10.0 Å². The molecule has 9 heteroatoms. The van der Waals surface area contributed by atoms with Crippen LogP contribution in [0.2, 0.25) is 0 Å². The van der Waals surface area contributed by atoms with E-state index in [9.17, 15) is 8.42 Å². The van der Waals surface area contributed by atoms with Crippen molar-refractivity contribution in [3.05, 3.63) is 30.6 Å². The number of hydrogen-bond acceptors (Lipinski definition) is 6. The van der Waals surface area contributed by atoms with Crippen LogP contribution in [0.15, 0.2) is 29.7 Å². The lowest BCUT2D eigenvalue weighted by Crippen LogP contribution is -2.25. The number of nitrogens with zero attached hydrogens (tertiary/aromatic N) is 4. The average molecular weight is 325 g/mol. The van der Waals surface area contributed by atoms with Crippen LogP contribution in [0, 0.1) is 0 Å². The van der Waals surface area contributed by atoms with Gasteiger partial charge in [-0.3, -0.25) is 4.98 Å². The molecule has 0 radical (unpaired) electrons. The van der Waals surface area contributed by atoms with Crippen LogP contribution in [0.4, 0.5) is 0 Å². The first-order chi connectivity index (χ1) is 10.4. The highest BCUT2D eigenvalue weighted by atomic mass is 32.2. The molecule has 0 unspecified atom stereocenters. The molecule has 0 spiro atoms. The van der Waals surface area contributed by atoms with E-state index in [4.69, 9.17) is 4.74 Å². The number of nitrogens with one attached hydrogen (secondary N) is 1.